The Labute approximate surface area is 135 Å². The predicted molar refractivity (Wildman–Crippen MR) is 91.8 cm³/mol. The lowest BCUT2D eigenvalue weighted by Gasteiger charge is -2.14. The topological polar surface area (TPSA) is 0 Å². The molecule has 0 heterocycles. The van der Waals surface area contributed by atoms with Gasteiger partial charge in [0.15, 0.2) is 0 Å². The first kappa shape index (κ1) is 14.8. The Kier molecular flexibility index (Phi) is 4.00. The normalized spacial score (nSPS) is 10.7. The molecule has 0 saturated heterocycles. The molecule has 0 saturated carbocycles. The molecule has 0 aromatic heterocycles. The van der Waals surface area contributed by atoms with Crippen LogP contribution in [0.3, 0.4) is 0 Å². The number of aryl methyl sites for hydroxylation is 2. The summed E-state index contributed by atoms with van der Waals surface area (Å²) in [4.78, 5) is 0. The van der Waals surface area contributed by atoms with Crippen molar-refractivity contribution in [3.8, 4) is 22.3 Å². The van der Waals surface area contributed by atoms with E-state index in [1.165, 1.54) is 0 Å². The van der Waals surface area contributed by atoms with Crippen molar-refractivity contribution in [2.45, 2.75) is 13.8 Å². The number of hydrogen-bond acceptors (Lipinski definition) is 0. The maximum Gasteiger partial charge on any atom is 0.139 e. The first-order valence-corrected chi connectivity index (χ1v) is 7.57. The molecule has 0 bridgehead atoms. The third kappa shape index (κ3) is 2.65. The molecular formula is C20H16ClF. The van der Waals surface area contributed by atoms with Gasteiger partial charge in [0, 0.05) is 16.1 Å². The van der Waals surface area contributed by atoms with E-state index in [-0.39, 0.29) is 5.82 Å². The summed E-state index contributed by atoms with van der Waals surface area (Å²) in [5, 5.41) is 0.649. The van der Waals surface area contributed by atoms with E-state index in [0.717, 1.165) is 22.3 Å². The molecule has 0 aliphatic heterocycles. The molecule has 2 heteroatoms. The minimum Gasteiger partial charge on any atom is -0.206 e. The lowest BCUT2D eigenvalue weighted by molar-refractivity contribution is 0.633. The molecule has 0 fully saturated rings. The molecule has 0 nitrogen and oxygen atoms in total. The molecule has 0 aliphatic carbocycles. The van der Waals surface area contributed by atoms with Crippen LogP contribution in [0.1, 0.15) is 11.1 Å². The zero-order valence-corrected chi connectivity index (χ0v) is 13.3. The van der Waals surface area contributed by atoms with Crippen LogP contribution in [0.25, 0.3) is 22.3 Å². The largest absolute Gasteiger partial charge is 0.206 e. The quantitative estimate of drug-likeness (QED) is 0.511. The third-order valence-corrected chi connectivity index (χ3v) is 4.17. The van der Waals surface area contributed by atoms with Crippen molar-refractivity contribution in [2.75, 3.05) is 0 Å². The van der Waals surface area contributed by atoms with Crippen molar-refractivity contribution in [1.29, 1.82) is 0 Å². The highest BCUT2D eigenvalue weighted by molar-refractivity contribution is 6.30. The number of rotatable bonds is 2. The van der Waals surface area contributed by atoms with Gasteiger partial charge in [-0.15, -0.1) is 0 Å². The molecule has 0 spiro atoms. The van der Waals surface area contributed by atoms with Crippen molar-refractivity contribution in [1.82, 2.24) is 0 Å². The number of benzene rings is 3. The SMILES string of the molecule is Cc1ccccc1-c1c(C)ccc(-c2ccc(Cl)cc2)c1F. The second kappa shape index (κ2) is 5.94. The van der Waals surface area contributed by atoms with E-state index in [9.17, 15) is 0 Å². The zero-order valence-electron chi connectivity index (χ0n) is 12.5. The van der Waals surface area contributed by atoms with Crippen LogP contribution in [0.4, 0.5) is 4.39 Å². The fourth-order valence-corrected chi connectivity index (χ4v) is 2.84. The van der Waals surface area contributed by atoms with Gasteiger partial charge >= 0.3 is 0 Å². The van der Waals surface area contributed by atoms with Crippen molar-refractivity contribution >= 4 is 11.6 Å². The van der Waals surface area contributed by atoms with Crippen LogP contribution < -0.4 is 0 Å². The summed E-state index contributed by atoms with van der Waals surface area (Å²) in [6.07, 6.45) is 0. The van der Waals surface area contributed by atoms with Crippen LogP contribution in [0.2, 0.25) is 5.02 Å². The highest BCUT2D eigenvalue weighted by Gasteiger charge is 2.15. The van der Waals surface area contributed by atoms with Crippen LogP contribution >= 0.6 is 11.6 Å². The second-order valence-electron chi connectivity index (χ2n) is 5.44. The Morgan fingerprint density at radius 3 is 2.09 bits per heavy atom. The fourth-order valence-electron chi connectivity index (χ4n) is 2.71. The lowest BCUT2D eigenvalue weighted by Crippen LogP contribution is -1.95. The average molecular weight is 311 g/mol. The summed E-state index contributed by atoms with van der Waals surface area (Å²) >= 11 is 5.92. The van der Waals surface area contributed by atoms with Gasteiger partial charge in [-0.2, -0.15) is 0 Å². The molecule has 3 aromatic carbocycles. The first-order chi connectivity index (χ1) is 10.6. The van der Waals surface area contributed by atoms with Gasteiger partial charge in [0.1, 0.15) is 5.82 Å². The van der Waals surface area contributed by atoms with Crippen molar-refractivity contribution in [3.05, 3.63) is 82.6 Å². The van der Waals surface area contributed by atoms with E-state index in [2.05, 4.69) is 0 Å². The van der Waals surface area contributed by atoms with Crippen molar-refractivity contribution < 1.29 is 4.39 Å². The minimum absolute atomic E-state index is 0.184. The van der Waals surface area contributed by atoms with Crippen LogP contribution in [-0.4, -0.2) is 0 Å². The minimum atomic E-state index is -0.184. The van der Waals surface area contributed by atoms with Gasteiger partial charge in [-0.3, -0.25) is 0 Å². The zero-order chi connectivity index (χ0) is 15.7. The summed E-state index contributed by atoms with van der Waals surface area (Å²) in [5.41, 5.74) is 5.04. The molecule has 3 rings (SSSR count). The maximum absolute atomic E-state index is 15.2. The monoisotopic (exact) mass is 310 g/mol. The second-order valence-corrected chi connectivity index (χ2v) is 5.88. The van der Waals surface area contributed by atoms with E-state index >= 15 is 4.39 Å². The Bertz CT molecular complexity index is 820. The van der Waals surface area contributed by atoms with Gasteiger partial charge < -0.3 is 0 Å². The molecule has 0 radical (unpaired) electrons. The Hall–Kier alpha value is -2.12. The van der Waals surface area contributed by atoms with Crippen LogP contribution in [0, 0.1) is 19.7 Å². The summed E-state index contributed by atoms with van der Waals surface area (Å²) in [6.45, 7) is 3.94. The van der Waals surface area contributed by atoms with E-state index in [4.69, 9.17) is 11.6 Å². The number of halogens is 2. The van der Waals surface area contributed by atoms with Gasteiger partial charge in [-0.05, 0) is 48.2 Å². The van der Waals surface area contributed by atoms with E-state index < -0.39 is 0 Å². The van der Waals surface area contributed by atoms with Crippen LogP contribution in [-0.2, 0) is 0 Å². The fraction of sp³-hybridized carbons (Fsp3) is 0.100. The highest BCUT2D eigenvalue weighted by Crippen LogP contribution is 2.35. The van der Waals surface area contributed by atoms with Gasteiger partial charge in [0.25, 0.3) is 0 Å². The summed E-state index contributed by atoms with van der Waals surface area (Å²) in [7, 11) is 0. The smallest absolute Gasteiger partial charge is 0.139 e. The maximum atomic E-state index is 15.2. The Morgan fingerprint density at radius 2 is 1.41 bits per heavy atom. The molecular weight excluding hydrogens is 295 g/mol. The first-order valence-electron chi connectivity index (χ1n) is 7.19. The summed E-state index contributed by atoms with van der Waals surface area (Å²) in [5.74, 6) is -0.184. The van der Waals surface area contributed by atoms with Crippen molar-refractivity contribution in [3.63, 3.8) is 0 Å². The summed E-state index contributed by atoms with van der Waals surface area (Å²) < 4.78 is 15.2. The van der Waals surface area contributed by atoms with E-state index in [1.807, 2.05) is 62.4 Å². The average Bonchev–Trinajstić information content (AvgIpc) is 2.50. The molecule has 0 unspecified atom stereocenters. The molecule has 110 valence electrons. The molecule has 0 amide bonds. The predicted octanol–water partition coefficient (Wildman–Crippen LogP) is 6.43. The molecule has 3 aromatic rings. The molecule has 22 heavy (non-hydrogen) atoms. The van der Waals surface area contributed by atoms with E-state index in [0.29, 0.717) is 16.1 Å². The highest BCUT2D eigenvalue weighted by atomic mass is 35.5. The molecule has 0 atom stereocenters. The van der Waals surface area contributed by atoms with Crippen molar-refractivity contribution in [2.24, 2.45) is 0 Å². The third-order valence-electron chi connectivity index (χ3n) is 3.92. The van der Waals surface area contributed by atoms with Crippen LogP contribution in [0.5, 0.6) is 0 Å². The standard InChI is InChI=1S/C20H16ClF/c1-13-5-3-4-6-17(13)19-14(2)7-12-18(20(19)22)15-8-10-16(21)11-9-15/h3-12H,1-2H3. The van der Waals surface area contributed by atoms with Gasteiger partial charge in [-0.25, -0.2) is 4.39 Å². The molecule has 0 N–H and O–H groups in total. The lowest BCUT2D eigenvalue weighted by atomic mass is 9.92. The van der Waals surface area contributed by atoms with Gasteiger partial charge in [0.2, 0.25) is 0 Å². The van der Waals surface area contributed by atoms with Gasteiger partial charge in [-0.1, -0.05) is 60.1 Å². The Morgan fingerprint density at radius 1 is 0.727 bits per heavy atom. The van der Waals surface area contributed by atoms with Crippen LogP contribution in [0.15, 0.2) is 60.7 Å². The Balaban J connectivity index is 2.22. The number of hydrogen-bond donors (Lipinski definition) is 0. The van der Waals surface area contributed by atoms with Gasteiger partial charge in [0.05, 0.1) is 0 Å². The summed E-state index contributed by atoms with van der Waals surface area (Å²) in [6, 6.07) is 18.9. The van der Waals surface area contributed by atoms with E-state index in [1.54, 1.807) is 12.1 Å². The molecule has 0 aliphatic rings.